The molecule has 0 radical (unpaired) electrons. The highest BCUT2D eigenvalue weighted by Crippen LogP contribution is 2.24. The summed E-state index contributed by atoms with van der Waals surface area (Å²) in [5.41, 5.74) is 5.63. The molecular formula is C10H22ClN3O2S. The molecule has 1 atom stereocenters. The SMILES string of the molecule is Cl.NCC1CCCN1S(=O)(=O)N1CCCCC1. The lowest BCUT2D eigenvalue weighted by atomic mass is 10.2. The van der Waals surface area contributed by atoms with E-state index in [1.165, 1.54) is 0 Å². The minimum absolute atomic E-state index is 0. The highest BCUT2D eigenvalue weighted by atomic mass is 35.5. The molecule has 2 saturated heterocycles. The first-order valence-electron chi connectivity index (χ1n) is 6.13. The van der Waals surface area contributed by atoms with Crippen LogP contribution in [-0.2, 0) is 10.2 Å². The van der Waals surface area contributed by atoms with Crippen LogP contribution in [0.5, 0.6) is 0 Å². The number of piperidine rings is 1. The van der Waals surface area contributed by atoms with Gasteiger partial charge in [-0.3, -0.25) is 0 Å². The monoisotopic (exact) mass is 283 g/mol. The van der Waals surface area contributed by atoms with Gasteiger partial charge in [0.1, 0.15) is 0 Å². The van der Waals surface area contributed by atoms with Gasteiger partial charge in [0, 0.05) is 32.2 Å². The van der Waals surface area contributed by atoms with E-state index in [9.17, 15) is 8.42 Å². The maximum atomic E-state index is 12.4. The summed E-state index contributed by atoms with van der Waals surface area (Å²) < 4.78 is 27.9. The second kappa shape index (κ2) is 6.33. The Kier molecular flexibility index (Phi) is 5.66. The smallest absolute Gasteiger partial charge is 0.282 e. The number of hydrogen-bond acceptors (Lipinski definition) is 3. The fourth-order valence-electron chi connectivity index (χ4n) is 2.59. The van der Waals surface area contributed by atoms with Crippen LogP contribution in [0.15, 0.2) is 0 Å². The number of hydrogen-bond donors (Lipinski definition) is 1. The van der Waals surface area contributed by atoms with Gasteiger partial charge in [-0.1, -0.05) is 6.42 Å². The van der Waals surface area contributed by atoms with Crippen LogP contribution in [0.1, 0.15) is 32.1 Å². The van der Waals surface area contributed by atoms with Crippen LogP contribution in [-0.4, -0.2) is 49.2 Å². The molecule has 2 N–H and O–H groups in total. The first-order chi connectivity index (χ1) is 7.66. The molecule has 0 saturated carbocycles. The Labute approximate surface area is 110 Å². The molecule has 2 aliphatic rings. The van der Waals surface area contributed by atoms with E-state index in [0.717, 1.165) is 32.1 Å². The van der Waals surface area contributed by atoms with Crippen molar-refractivity contribution in [2.45, 2.75) is 38.1 Å². The minimum atomic E-state index is -3.24. The number of nitrogens with zero attached hydrogens (tertiary/aromatic N) is 2. The molecule has 5 nitrogen and oxygen atoms in total. The molecule has 2 aliphatic heterocycles. The van der Waals surface area contributed by atoms with Gasteiger partial charge >= 0.3 is 0 Å². The van der Waals surface area contributed by atoms with Gasteiger partial charge in [0.05, 0.1) is 0 Å². The van der Waals surface area contributed by atoms with Gasteiger partial charge in [0.25, 0.3) is 10.2 Å². The first-order valence-corrected chi connectivity index (χ1v) is 7.53. The predicted octanol–water partition coefficient (Wildman–Crippen LogP) is 0.562. The van der Waals surface area contributed by atoms with Gasteiger partial charge in [-0.2, -0.15) is 17.0 Å². The van der Waals surface area contributed by atoms with Crippen molar-refractivity contribution >= 4 is 22.6 Å². The number of nitrogens with two attached hydrogens (primary N) is 1. The standard InChI is InChI=1S/C10H21N3O2S.ClH/c11-9-10-5-4-8-13(10)16(14,15)12-6-2-1-3-7-12;/h10H,1-9,11H2;1H. The third kappa shape index (κ3) is 3.12. The molecule has 102 valence electrons. The van der Waals surface area contributed by atoms with E-state index in [-0.39, 0.29) is 18.4 Å². The van der Waals surface area contributed by atoms with Crippen LogP contribution in [0, 0.1) is 0 Å². The van der Waals surface area contributed by atoms with E-state index < -0.39 is 10.2 Å². The molecule has 7 heteroatoms. The summed E-state index contributed by atoms with van der Waals surface area (Å²) in [6.45, 7) is 2.43. The molecule has 0 amide bonds. The summed E-state index contributed by atoms with van der Waals surface area (Å²) in [5, 5.41) is 0. The summed E-state index contributed by atoms with van der Waals surface area (Å²) >= 11 is 0. The fraction of sp³-hybridized carbons (Fsp3) is 1.00. The molecule has 2 fully saturated rings. The van der Waals surface area contributed by atoms with Crippen molar-refractivity contribution in [2.24, 2.45) is 5.73 Å². The van der Waals surface area contributed by atoms with Crippen LogP contribution in [0.3, 0.4) is 0 Å². The summed E-state index contributed by atoms with van der Waals surface area (Å²) in [4.78, 5) is 0. The van der Waals surface area contributed by atoms with Crippen LogP contribution in [0.25, 0.3) is 0 Å². The normalized spacial score (nSPS) is 27.9. The molecule has 0 aromatic heterocycles. The van der Waals surface area contributed by atoms with Gasteiger partial charge in [-0.25, -0.2) is 0 Å². The van der Waals surface area contributed by atoms with Crippen LogP contribution < -0.4 is 5.73 Å². The zero-order chi connectivity index (χ0) is 11.6. The number of rotatable bonds is 3. The topological polar surface area (TPSA) is 66.6 Å². The zero-order valence-corrected chi connectivity index (χ0v) is 11.7. The minimum Gasteiger partial charge on any atom is -0.329 e. The number of halogens is 1. The summed E-state index contributed by atoms with van der Waals surface area (Å²) in [6.07, 6.45) is 4.96. The molecule has 1 unspecified atom stereocenters. The molecule has 0 aromatic rings. The van der Waals surface area contributed by atoms with Crippen molar-refractivity contribution in [3.8, 4) is 0 Å². The summed E-state index contributed by atoms with van der Waals surface area (Å²) in [7, 11) is -3.24. The third-order valence-electron chi connectivity index (χ3n) is 3.53. The summed E-state index contributed by atoms with van der Waals surface area (Å²) in [6, 6.07) is 0.0203. The Morgan fingerprint density at radius 1 is 1.06 bits per heavy atom. The highest BCUT2D eigenvalue weighted by molar-refractivity contribution is 7.86. The largest absolute Gasteiger partial charge is 0.329 e. The van der Waals surface area contributed by atoms with Crippen molar-refractivity contribution in [1.82, 2.24) is 8.61 Å². The first kappa shape index (κ1) is 15.2. The quantitative estimate of drug-likeness (QED) is 0.823. The second-order valence-corrected chi connectivity index (χ2v) is 6.49. The van der Waals surface area contributed by atoms with E-state index in [2.05, 4.69) is 0 Å². The van der Waals surface area contributed by atoms with E-state index >= 15 is 0 Å². The Balaban J connectivity index is 0.00000144. The molecule has 0 spiro atoms. The van der Waals surface area contributed by atoms with Crippen molar-refractivity contribution in [2.75, 3.05) is 26.2 Å². The maximum absolute atomic E-state index is 12.4. The average molecular weight is 284 g/mol. The zero-order valence-electron chi connectivity index (χ0n) is 10.0. The third-order valence-corrected chi connectivity index (χ3v) is 5.62. The molecule has 2 heterocycles. The average Bonchev–Trinajstić information content (AvgIpc) is 2.79. The lowest BCUT2D eigenvalue weighted by Crippen LogP contribution is -2.49. The molecule has 0 aliphatic carbocycles. The Morgan fingerprint density at radius 2 is 1.71 bits per heavy atom. The predicted molar refractivity (Wildman–Crippen MR) is 70.4 cm³/mol. The van der Waals surface area contributed by atoms with Gasteiger partial charge in [0.2, 0.25) is 0 Å². The molecule has 17 heavy (non-hydrogen) atoms. The van der Waals surface area contributed by atoms with Gasteiger partial charge in [0.15, 0.2) is 0 Å². The van der Waals surface area contributed by atoms with E-state index in [0.29, 0.717) is 26.2 Å². The van der Waals surface area contributed by atoms with Gasteiger partial charge < -0.3 is 5.73 Å². The maximum Gasteiger partial charge on any atom is 0.282 e. The van der Waals surface area contributed by atoms with E-state index in [1.54, 1.807) is 8.61 Å². The van der Waals surface area contributed by atoms with Crippen LogP contribution >= 0.6 is 12.4 Å². The van der Waals surface area contributed by atoms with Gasteiger partial charge in [-0.05, 0) is 25.7 Å². The molecule has 0 bridgehead atoms. The Morgan fingerprint density at radius 3 is 2.29 bits per heavy atom. The molecule has 2 rings (SSSR count). The van der Waals surface area contributed by atoms with Crippen LogP contribution in [0.4, 0.5) is 0 Å². The van der Waals surface area contributed by atoms with E-state index in [1.807, 2.05) is 0 Å². The van der Waals surface area contributed by atoms with Crippen molar-refractivity contribution in [3.63, 3.8) is 0 Å². The lowest BCUT2D eigenvalue weighted by molar-refractivity contribution is 0.296. The summed E-state index contributed by atoms with van der Waals surface area (Å²) in [5.74, 6) is 0. The van der Waals surface area contributed by atoms with E-state index in [4.69, 9.17) is 5.73 Å². The second-order valence-electron chi connectivity index (χ2n) is 4.61. The Bertz CT molecular complexity index is 330. The lowest BCUT2D eigenvalue weighted by Gasteiger charge is -2.32. The van der Waals surface area contributed by atoms with Crippen molar-refractivity contribution in [1.29, 1.82) is 0 Å². The Hall–Kier alpha value is 0.120. The fourth-order valence-corrected chi connectivity index (χ4v) is 4.54. The van der Waals surface area contributed by atoms with Crippen molar-refractivity contribution < 1.29 is 8.42 Å². The van der Waals surface area contributed by atoms with Gasteiger partial charge in [-0.15, -0.1) is 12.4 Å². The molecule has 0 aromatic carbocycles. The molecular weight excluding hydrogens is 262 g/mol. The van der Waals surface area contributed by atoms with Crippen molar-refractivity contribution in [3.05, 3.63) is 0 Å². The van der Waals surface area contributed by atoms with Crippen LogP contribution in [0.2, 0.25) is 0 Å². The highest BCUT2D eigenvalue weighted by Gasteiger charge is 2.37.